The van der Waals surface area contributed by atoms with E-state index in [4.69, 9.17) is 5.73 Å². The third-order valence-corrected chi connectivity index (χ3v) is 7.73. The molecule has 156 valence electrons. The molecule has 0 unspecified atom stereocenters. The van der Waals surface area contributed by atoms with Crippen molar-refractivity contribution >= 4 is 56.4 Å². The van der Waals surface area contributed by atoms with Crippen molar-refractivity contribution in [3.63, 3.8) is 0 Å². The lowest BCUT2D eigenvalue weighted by Gasteiger charge is -2.05. The minimum Gasteiger partial charge on any atom is -0.365 e. The summed E-state index contributed by atoms with van der Waals surface area (Å²) in [5.41, 5.74) is 7.88. The Kier molecular flexibility index (Phi) is 6.30. The highest BCUT2D eigenvalue weighted by Crippen LogP contribution is 2.39. The van der Waals surface area contributed by atoms with Gasteiger partial charge in [-0.2, -0.15) is 0 Å². The Hall–Kier alpha value is -2.50. The Morgan fingerprint density at radius 2 is 1.97 bits per heavy atom. The molecule has 0 aliphatic heterocycles. The van der Waals surface area contributed by atoms with Crippen LogP contribution in [-0.2, 0) is 24.2 Å². The van der Waals surface area contributed by atoms with Gasteiger partial charge in [-0.25, -0.2) is 4.39 Å². The van der Waals surface area contributed by atoms with E-state index in [2.05, 4.69) is 20.8 Å². The van der Waals surface area contributed by atoms with Gasteiger partial charge in [-0.15, -0.1) is 21.5 Å². The smallest absolute Gasteiger partial charge is 0.251 e. The number of thioether (sulfide) groups is 1. The highest BCUT2D eigenvalue weighted by molar-refractivity contribution is 8.01. The molecule has 2 amide bonds. The van der Waals surface area contributed by atoms with E-state index >= 15 is 0 Å². The number of nitrogens with zero attached hydrogens (tertiary/aromatic N) is 2. The van der Waals surface area contributed by atoms with Gasteiger partial charge in [-0.3, -0.25) is 9.59 Å². The molecule has 7 nitrogen and oxygen atoms in total. The number of aryl methyl sites for hydroxylation is 1. The lowest BCUT2D eigenvalue weighted by molar-refractivity contribution is -0.113. The van der Waals surface area contributed by atoms with E-state index in [-0.39, 0.29) is 17.5 Å². The lowest BCUT2D eigenvalue weighted by Crippen LogP contribution is -2.18. The van der Waals surface area contributed by atoms with Gasteiger partial charge in [-0.1, -0.05) is 35.2 Å². The summed E-state index contributed by atoms with van der Waals surface area (Å²) in [6.45, 7) is 0.499. The number of anilines is 2. The molecule has 0 bridgehead atoms. The number of hydrogen-bond acceptors (Lipinski definition) is 8. The number of halogens is 1. The SMILES string of the molecule is NC(=O)c1c(NC(=O)CSc2nnc(NCc3ccc(F)cc3)s2)sc2c1CCC2. The third-order valence-electron chi connectivity index (χ3n) is 4.51. The quantitative estimate of drug-likeness (QED) is 0.440. The second-order valence-electron chi connectivity index (χ2n) is 6.62. The van der Waals surface area contributed by atoms with Crippen molar-refractivity contribution < 1.29 is 14.0 Å². The summed E-state index contributed by atoms with van der Waals surface area (Å²) in [6.07, 6.45) is 2.76. The Morgan fingerprint density at radius 3 is 2.73 bits per heavy atom. The summed E-state index contributed by atoms with van der Waals surface area (Å²) < 4.78 is 13.6. The molecular weight excluding hydrogens is 445 g/mol. The van der Waals surface area contributed by atoms with Crippen molar-refractivity contribution in [3.05, 3.63) is 51.7 Å². The van der Waals surface area contributed by atoms with Crippen LogP contribution in [0.5, 0.6) is 0 Å². The van der Waals surface area contributed by atoms with Crippen molar-refractivity contribution in [1.82, 2.24) is 10.2 Å². The standard InChI is InChI=1S/C19H18FN5O2S3/c20-11-6-4-10(5-7-11)8-22-18-24-25-19(30-18)28-9-14(26)23-17-15(16(21)27)12-2-1-3-13(12)29-17/h4-7H,1-3,8-9H2,(H2,21,27)(H,22,24)(H,23,26). The molecule has 0 spiro atoms. The van der Waals surface area contributed by atoms with Crippen LogP contribution >= 0.6 is 34.4 Å². The van der Waals surface area contributed by atoms with Crippen LogP contribution < -0.4 is 16.4 Å². The summed E-state index contributed by atoms with van der Waals surface area (Å²) in [5.74, 6) is -0.855. The highest BCUT2D eigenvalue weighted by Gasteiger charge is 2.26. The molecule has 0 saturated heterocycles. The summed E-state index contributed by atoms with van der Waals surface area (Å²) >= 11 is 4.04. The van der Waals surface area contributed by atoms with E-state index in [1.165, 1.54) is 46.6 Å². The fourth-order valence-electron chi connectivity index (χ4n) is 3.16. The average Bonchev–Trinajstić information content (AvgIpc) is 3.41. The number of nitrogens with two attached hydrogens (primary N) is 1. The van der Waals surface area contributed by atoms with Gasteiger partial charge >= 0.3 is 0 Å². The van der Waals surface area contributed by atoms with Crippen LogP contribution in [0.15, 0.2) is 28.6 Å². The largest absolute Gasteiger partial charge is 0.365 e. The number of primary amides is 1. The van der Waals surface area contributed by atoms with Gasteiger partial charge < -0.3 is 16.4 Å². The molecule has 3 aromatic rings. The molecule has 1 aliphatic rings. The van der Waals surface area contributed by atoms with Crippen molar-refractivity contribution in [1.29, 1.82) is 0 Å². The predicted molar refractivity (Wildman–Crippen MR) is 118 cm³/mol. The van der Waals surface area contributed by atoms with Crippen molar-refractivity contribution in [2.75, 3.05) is 16.4 Å². The van der Waals surface area contributed by atoms with Crippen LogP contribution in [0.25, 0.3) is 0 Å². The minimum absolute atomic E-state index is 0.146. The van der Waals surface area contributed by atoms with Crippen LogP contribution in [0.3, 0.4) is 0 Å². The Labute approximate surface area is 184 Å². The molecule has 2 heterocycles. The van der Waals surface area contributed by atoms with Gasteiger partial charge in [0.05, 0.1) is 11.3 Å². The molecule has 2 aromatic heterocycles. The molecule has 4 N–H and O–H groups in total. The zero-order valence-corrected chi connectivity index (χ0v) is 18.2. The van der Waals surface area contributed by atoms with Crippen LogP contribution in [0.1, 0.15) is 32.8 Å². The fourth-order valence-corrected chi connectivity index (χ4v) is 6.02. The first-order valence-corrected chi connectivity index (χ1v) is 11.8. The number of aromatic nitrogens is 2. The molecule has 0 saturated carbocycles. The molecule has 0 atom stereocenters. The number of carbonyl (C=O) groups is 2. The fraction of sp³-hybridized carbons (Fsp3) is 0.263. The van der Waals surface area contributed by atoms with Crippen LogP contribution in [-0.4, -0.2) is 27.8 Å². The maximum Gasteiger partial charge on any atom is 0.251 e. The second-order valence-corrected chi connectivity index (χ2v) is 9.92. The molecule has 0 radical (unpaired) electrons. The van der Waals surface area contributed by atoms with E-state index < -0.39 is 5.91 Å². The van der Waals surface area contributed by atoms with Gasteiger partial charge in [0.25, 0.3) is 5.91 Å². The van der Waals surface area contributed by atoms with Crippen LogP contribution in [0.4, 0.5) is 14.5 Å². The zero-order chi connectivity index (χ0) is 21.1. The molecule has 0 fully saturated rings. The van der Waals surface area contributed by atoms with Gasteiger partial charge in [0, 0.05) is 11.4 Å². The summed E-state index contributed by atoms with van der Waals surface area (Å²) in [4.78, 5) is 25.3. The van der Waals surface area contributed by atoms with E-state index in [9.17, 15) is 14.0 Å². The van der Waals surface area contributed by atoms with Crippen molar-refractivity contribution in [2.45, 2.75) is 30.1 Å². The van der Waals surface area contributed by atoms with Gasteiger partial charge in [0.2, 0.25) is 11.0 Å². The average molecular weight is 464 g/mol. The van der Waals surface area contributed by atoms with Crippen LogP contribution in [0, 0.1) is 5.82 Å². The molecule has 30 heavy (non-hydrogen) atoms. The first-order chi connectivity index (χ1) is 14.5. The Balaban J connectivity index is 1.30. The zero-order valence-electron chi connectivity index (χ0n) is 15.7. The first-order valence-electron chi connectivity index (χ1n) is 9.18. The van der Waals surface area contributed by atoms with Gasteiger partial charge in [0.15, 0.2) is 4.34 Å². The summed E-state index contributed by atoms with van der Waals surface area (Å²) in [7, 11) is 0. The molecule has 4 rings (SSSR count). The summed E-state index contributed by atoms with van der Waals surface area (Å²) in [6, 6.07) is 6.21. The van der Waals surface area contributed by atoms with Crippen molar-refractivity contribution in [2.24, 2.45) is 5.73 Å². The number of amides is 2. The molecule has 11 heteroatoms. The third kappa shape index (κ3) is 4.79. The number of nitrogens with one attached hydrogen (secondary N) is 2. The van der Waals surface area contributed by atoms with E-state index in [0.717, 1.165) is 35.3 Å². The number of carbonyl (C=O) groups excluding carboxylic acids is 2. The molecule has 1 aliphatic carbocycles. The molecular formula is C19H18FN5O2S3. The Morgan fingerprint density at radius 1 is 1.17 bits per heavy atom. The number of fused-ring (bicyclic) bond motifs is 1. The minimum atomic E-state index is -0.502. The number of thiophene rings is 1. The highest BCUT2D eigenvalue weighted by atomic mass is 32.2. The second kappa shape index (κ2) is 9.11. The van der Waals surface area contributed by atoms with Crippen LogP contribution in [0.2, 0.25) is 0 Å². The van der Waals surface area contributed by atoms with Gasteiger partial charge in [0.1, 0.15) is 10.8 Å². The Bertz CT molecular complexity index is 1080. The van der Waals surface area contributed by atoms with E-state index in [0.29, 0.717) is 26.6 Å². The monoisotopic (exact) mass is 463 g/mol. The number of hydrogen-bond donors (Lipinski definition) is 3. The van der Waals surface area contributed by atoms with Gasteiger partial charge in [-0.05, 0) is 42.5 Å². The lowest BCUT2D eigenvalue weighted by atomic mass is 10.1. The normalized spacial score (nSPS) is 12.6. The van der Waals surface area contributed by atoms with E-state index in [1.54, 1.807) is 12.1 Å². The number of benzene rings is 1. The maximum atomic E-state index is 12.9. The topological polar surface area (TPSA) is 110 Å². The summed E-state index contributed by atoms with van der Waals surface area (Å²) in [5, 5.41) is 15.2. The molecule has 1 aromatic carbocycles. The van der Waals surface area contributed by atoms with E-state index in [1.807, 2.05) is 0 Å². The maximum absolute atomic E-state index is 12.9. The van der Waals surface area contributed by atoms with Crippen molar-refractivity contribution in [3.8, 4) is 0 Å². The number of rotatable bonds is 8. The first kappa shape index (κ1) is 20.8. The predicted octanol–water partition coefficient (Wildman–Crippen LogP) is 3.67.